The second-order valence-electron chi connectivity index (χ2n) is 5.87. The lowest BCUT2D eigenvalue weighted by Gasteiger charge is -2.26. The van der Waals surface area contributed by atoms with Crippen LogP contribution in [0.1, 0.15) is 23.7 Å². The smallest absolute Gasteiger partial charge is 0.135 e. The summed E-state index contributed by atoms with van der Waals surface area (Å²) < 4.78 is 55.6. The maximum atomic E-state index is 14.2. The van der Waals surface area contributed by atoms with Gasteiger partial charge in [-0.25, -0.2) is 17.6 Å². The quantitative estimate of drug-likeness (QED) is 0.696. The van der Waals surface area contributed by atoms with Gasteiger partial charge in [-0.15, -0.1) is 0 Å². The number of aryl methyl sites for hydroxylation is 1. The molecule has 0 radical (unpaired) electrons. The summed E-state index contributed by atoms with van der Waals surface area (Å²) in [5.74, 6) is -3.53. The first-order valence-corrected chi connectivity index (χ1v) is 7.41. The summed E-state index contributed by atoms with van der Waals surface area (Å²) in [5, 5.41) is 17.4. The number of benzene rings is 2. The van der Waals surface area contributed by atoms with E-state index in [9.17, 15) is 22.7 Å². The zero-order chi connectivity index (χ0) is 18.4. The Morgan fingerprint density at radius 1 is 1.00 bits per heavy atom. The van der Waals surface area contributed by atoms with Crippen LogP contribution in [0.4, 0.5) is 17.6 Å². The molecule has 25 heavy (non-hydrogen) atoms. The summed E-state index contributed by atoms with van der Waals surface area (Å²) in [6.45, 7) is 2.78. The number of nitrogens with one attached hydrogen (secondary N) is 1. The molecule has 3 nitrogen and oxygen atoms in total. The van der Waals surface area contributed by atoms with E-state index < -0.39 is 34.4 Å². The Balaban J connectivity index is 2.26. The number of hydrogen-bond acceptors (Lipinski definition) is 2. The highest BCUT2D eigenvalue weighted by molar-refractivity contribution is 5.67. The number of aliphatic hydroxyl groups is 1. The van der Waals surface area contributed by atoms with Gasteiger partial charge in [-0.05, 0) is 38.1 Å². The van der Waals surface area contributed by atoms with Crippen molar-refractivity contribution in [3.05, 3.63) is 76.5 Å². The second kappa shape index (κ2) is 6.00. The van der Waals surface area contributed by atoms with Gasteiger partial charge in [0.25, 0.3) is 0 Å². The molecule has 0 bridgehead atoms. The van der Waals surface area contributed by atoms with Crippen LogP contribution in [0.2, 0.25) is 0 Å². The van der Waals surface area contributed by atoms with E-state index in [1.165, 1.54) is 19.9 Å². The fraction of sp³-hybridized carbons (Fsp3) is 0.167. The van der Waals surface area contributed by atoms with Gasteiger partial charge in [-0.3, -0.25) is 5.10 Å². The molecule has 1 atom stereocenters. The van der Waals surface area contributed by atoms with Crippen molar-refractivity contribution in [2.24, 2.45) is 0 Å². The number of rotatable bonds is 3. The third kappa shape index (κ3) is 2.80. The molecule has 7 heteroatoms. The lowest BCUT2D eigenvalue weighted by molar-refractivity contribution is 0.0977. The molecular weight excluding hydrogens is 336 g/mol. The molecular formula is C18H14F4N2O. The highest BCUT2D eigenvalue weighted by Crippen LogP contribution is 2.39. The monoisotopic (exact) mass is 350 g/mol. The lowest BCUT2D eigenvalue weighted by atomic mass is 9.84. The van der Waals surface area contributed by atoms with Crippen molar-refractivity contribution in [2.45, 2.75) is 19.4 Å². The van der Waals surface area contributed by atoms with Gasteiger partial charge in [0.05, 0.1) is 5.56 Å². The minimum absolute atomic E-state index is 0.00186. The van der Waals surface area contributed by atoms with Crippen molar-refractivity contribution in [1.82, 2.24) is 10.2 Å². The molecule has 2 N–H and O–H groups in total. The molecule has 0 saturated heterocycles. The molecule has 2 aromatic carbocycles. The van der Waals surface area contributed by atoms with Gasteiger partial charge in [0.2, 0.25) is 0 Å². The van der Waals surface area contributed by atoms with E-state index in [1.807, 2.05) is 0 Å². The summed E-state index contributed by atoms with van der Waals surface area (Å²) in [5.41, 5.74) is -2.56. The molecule has 3 aromatic rings. The van der Waals surface area contributed by atoms with Gasteiger partial charge >= 0.3 is 0 Å². The lowest BCUT2D eigenvalue weighted by Crippen LogP contribution is -2.26. The van der Waals surface area contributed by atoms with E-state index in [0.717, 1.165) is 24.3 Å². The summed E-state index contributed by atoms with van der Waals surface area (Å²) in [6, 6.07) is 6.01. The van der Waals surface area contributed by atoms with Crippen molar-refractivity contribution in [1.29, 1.82) is 0 Å². The number of aromatic nitrogens is 2. The van der Waals surface area contributed by atoms with Crippen molar-refractivity contribution in [2.75, 3.05) is 0 Å². The molecule has 1 unspecified atom stereocenters. The van der Waals surface area contributed by atoms with E-state index in [2.05, 4.69) is 10.2 Å². The first-order chi connectivity index (χ1) is 11.7. The van der Waals surface area contributed by atoms with Crippen LogP contribution in [-0.2, 0) is 5.60 Å². The molecule has 0 amide bonds. The molecule has 3 rings (SSSR count). The standard InChI is InChI=1S/C18H14F4N2O/c1-9-16(18(2,25)11-7-6-10(19)8-14(11)22)17(24-23-9)15-12(20)4-3-5-13(15)21/h3-8,25H,1-2H3,(H,23,24). The maximum absolute atomic E-state index is 14.2. The Hall–Kier alpha value is -2.67. The van der Waals surface area contributed by atoms with Crippen LogP contribution in [0.25, 0.3) is 11.3 Å². The van der Waals surface area contributed by atoms with Gasteiger partial charge in [-0.2, -0.15) is 5.10 Å². The molecule has 0 saturated carbocycles. The molecule has 1 aromatic heterocycles. The van der Waals surface area contributed by atoms with Crippen LogP contribution in [0.15, 0.2) is 36.4 Å². The Kier molecular flexibility index (Phi) is 4.12. The predicted octanol–water partition coefficient (Wildman–Crippen LogP) is 4.20. The number of hydrogen-bond donors (Lipinski definition) is 2. The average molecular weight is 350 g/mol. The molecule has 1 heterocycles. The zero-order valence-corrected chi connectivity index (χ0v) is 13.4. The summed E-state index contributed by atoms with van der Waals surface area (Å²) in [6.07, 6.45) is 0. The number of nitrogens with zero attached hydrogens (tertiary/aromatic N) is 1. The fourth-order valence-electron chi connectivity index (χ4n) is 2.95. The van der Waals surface area contributed by atoms with E-state index in [1.54, 1.807) is 0 Å². The highest BCUT2D eigenvalue weighted by Gasteiger charge is 2.36. The Bertz CT molecular complexity index is 930. The van der Waals surface area contributed by atoms with Gasteiger partial charge in [0.1, 0.15) is 34.6 Å². The van der Waals surface area contributed by atoms with Crippen LogP contribution in [0.3, 0.4) is 0 Å². The molecule has 0 fully saturated rings. The van der Waals surface area contributed by atoms with Gasteiger partial charge in [-0.1, -0.05) is 6.07 Å². The van der Waals surface area contributed by atoms with E-state index in [4.69, 9.17) is 0 Å². The van der Waals surface area contributed by atoms with Gasteiger partial charge in [0, 0.05) is 22.9 Å². The zero-order valence-electron chi connectivity index (χ0n) is 13.4. The van der Waals surface area contributed by atoms with Crippen molar-refractivity contribution < 1.29 is 22.7 Å². The topological polar surface area (TPSA) is 48.9 Å². The normalized spacial score (nSPS) is 13.7. The number of halogens is 4. The van der Waals surface area contributed by atoms with Crippen LogP contribution in [0.5, 0.6) is 0 Å². The Labute approximate surface area is 140 Å². The van der Waals surface area contributed by atoms with Crippen LogP contribution < -0.4 is 0 Å². The van der Waals surface area contributed by atoms with E-state index in [-0.39, 0.29) is 16.8 Å². The first kappa shape index (κ1) is 17.2. The third-order valence-corrected chi connectivity index (χ3v) is 4.09. The van der Waals surface area contributed by atoms with Crippen LogP contribution >= 0.6 is 0 Å². The fourth-order valence-corrected chi connectivity index (χ4v) is 2.95. The maximum Gasteiger partial charge on any atom is 0.135 e. The number of aromatic amines is 1. The van der Waals surface area contributed by atoms with Crippen molar-refractivity contribution in [3.63, 3.8) is 0 Å². The van der Waals surface area contributed by atoms with Crippen LogP contribution in [0, 0.1) is 30.2 Å². The van der Waals surface area contributed by atoms with Gasteiger partial charge in [0.15, 0.2) is 0 Å². The molecule has 0 aliphatic carbocycles. The SMILES string of the molecule is Cc1[nH]nc(-c2c(F)cccc2F)c1C(C)(O)c1ccc(F)cc1F. The molecule has 0 spiro atoms. The van der Waals surface area contributed by atoms with E-state index >= 15 is 0 Å². The Morgan fingerprint density at radius 3 is 2.24 bits per heavy atom. The average Bonchev–Trinajstić information content (AvgIpc) is 2.89. The van der Waals surface area contributed by atoms with Crippen molar-refractivity contribution in [3.8, 4) is 11.3 Å². The first-order valence-electron chi connectivity index (χ1n) is 7.41. The Morgan fingerprint density at radius 2 is 1.64 bits per heavy atom. The molecule has 130 valence electrons. The summed E-state index contributed by atoms with van der Waals surface area (Å²) in [7, 11) is 0. The largest absolute Gasteiger partial charge is 0.380 e. The second-order valence-corrected chi connectivity index (χ2v) is 5.87. The van der Waals surface area contributed by atoms with E-state index in [0.29, 0.717) is 11.8 Å². The molecule has 0 aliphatic heterocycles. The number of H-pyrrole nitrogens is 1. The summed E-state index contributed by atoms with van der Waals surface area (Å²) in [4.78, 5) is 0. The van der Waals surface area contributed by atoms with Crippen molar-refractivity contribution >= 4 is 0 Å². The third-order valence-electron chi connectivity index (χ3n) is 4.09. The minimum Gasteiger partial charge on any atom is -0.380 e. The molecule has 0 aliphatic rings. The predicted molar refractivity (Wildman–Crippen MR) is 83.7 cm³/mol. The van der Waals surface area contributed by atoms with Crippen LogP contribution in [-0.4, -0.2) is 15.3 Å². The minimum atomic E-state index is -2.00. The highest BCUT2D eigenvalue weighted by atomic mass is 19.1. The summed E-state index contributed by atoms with van der Waals surface area (Å²) >= 11 is 0. The van der Waals surface area contributed by atoms with Gasteiger partial charge < -0.3 is 5.11 Å².